The number of hydrogen-bond donors (Lipinski definition) is 1. The number of fused-ring (bicyclic) bond motifs is 5. The molecule has 0 atom stereocenters. The summed E-state index contributed by atoms with van der Waals surface area (Å²) in [6.07, 6.45) is 4.49. The van der Waals surface area contributed by atoms with Gasteiger partial charge in [0.2, 0.25) is 0 Å². The summed E-state index contributed by atoms with van der Waals surface area (Å²) in [4.78, 5) is 38.8. The van der Waals surface area contributed by atoms with Gasteiger partial charge in [0.05, 0.1) is 45.4 Å². The molecule has 0 spiro atoms. The highest BCUT2D eigenvalue weighted by Gasteiger charge is 2.23. The van der Waals surface area contributed by atoms with Crippen LogP contribution in [-0.2, 0) is 6.54 Å². The molecule has 9 nitrogen and oxygen atoms in total. The SMILES string of the molecule is Cc1cnc(CNC(=O)c2/c(=N/c3ccccc3)c3ccc(N4CCCN(C)CC4)nc3n3c2sc2ccccc23)cn1. The van der Waals surface area contributed by atoms with Crippen LogP contribution in [0.3, 0.4) is 0 Å². The van der Waals surface area contributed by atoms with Crippen molar-refractivity contribution in [2.24, 2.45) is 4.99 Å². The van der Waals surface area contributed by atoms with Gasteiger partial charge in [0, 0.05) is 31.2 Å². The molecule has 10 heteroatoms. The fraction of sp³-hybridized carbons (Fsp3) is 0.242. The molecule has 1 aliphatic heterocycles. The van der Waals surface area contributed by atoms with Crippen LogP contribution < -0.4 is 15.6 Å². The van der Waals surface area contributed by atoms with Crippen LogP contribution in [0.15, 0.2) is 84.1 Å². The van der Waals surface area contributed by atoms with Crippen LogP contribution in [0.4, 0.5) is 11.5 Å². The second-order valence-electron chi connectivity index (χ2n) is 10.9. The molecule has 1 N–H and O–H groups in total. The van der Waals surface area contributed by atoms with Crippen molar-refractivity contribution in [1.29, 1.82) is 0 Å². The van der Waals surface area contributed by atoms with Crippen molar-refractivity contribution in [3.05, 3.63) is 101 Å². The van der Waals surface area contributed by atoms with Gasteiger partial charge >= 0.3 is 0 Å². The van der Waals surface area contributed by atoms with E-state index in [-0.39, 0.29) is 12.5 Å². The molecule has 4 aromatic heterocycles. The second-order valence-corrected chi connectivity index (χ2v) is 11.9. The van der Waals surface area contributed by atoms with Gasteiger partial charge in [-0.2, -0.15) is 0 Å². The average Bonchev–Trinajstić information content (AvgIpc) is 3.28. The Labute approximate surface area is 253 Å². The van der Waals surface area contributed by atoms with Crippen molar-refractivity contribution in [2.75, 3.05) is 38.1 Å². The third kappa shape index (κ3) is 5.35. The van der Waals surface area contributed by atoms with E-state index in [0.717, 1.165) is 75.9 Å². The quantitative estimate of drug-likeness (QED) is 0.301. The number of rotatable bonds is 5. The summed E-state index contributed by atoms with van der Waals surface area (Å²) < 4.78 is 3.20. The molecule has 1 fully saturated rings. The monoisotopic (exact) mass is 588 g/mol. The molecule has 0 saturated carbocycles. The topological polar surface area (TPSA) is 91.0 Å². The lowest BCUT2D eigenvalue weighted by Crippen LogP contribution is -2.31. The maximum Gasteiger partial charge on any atom is 0.256 e. The Bertz CT molecular complexity index is 2020. The molecule has 2 aromatic carbocycles. The fourth-order valence-electron chi connectivity index (χ4n) is 5.56. The maximum absolute atomic E-state index is 14.2. The number of carbonyl (C=O) groups is 1. The van der Waals surface area contributed by atoms with E-state index < -0.39 is 0 Å². The molecule has 5 heterocycles. The summed E-state index contributed by atoms with van der Waals surface area (Å²) in [5.41, 5.74) is 4.61. The number of thiazole rings is 1. The first-order valence-electron chi connectivity index (χ1n) is 14.5. The molecule has 0 aliphatic carbocycles. The van der Waals surface area contributed by atoms with Crippen LogP contribution in [0.25, 0.3) is 26.1 Å². The number of benzene rings is 2. The summed E-state index contributed by atoms with van der Waals surface area (Å²) >= 11 is 1.58. The van der Waals surface area contributed by atoms with Gasteiger partial charge in [0.25, 0.3) is 5.91 Å². The van der Waals surface area contributed by atoms with Crippen molar-refractivity contribution >= 4 is 54.8 Å². The number of nitrogens with zero attached hydrogens (tertiary/aromatic N) is 7. The Hall–Kier alpha value is -4.67. The minimum absolute atomic E-state index is 0.220. The summed E-state index contributed by atoms with van der Waals surface area (Å²) in [6.45, 7) is 6.07. The van der Waals surface area contributed by atoms with Crippen LogP contribution in [0, 0.1) is 6.92 Å². The van der Waals surface area contributed by atoms with Crippen LogP contribution in [0.5, 0.6) is 0 Å². The van der Waals surface area contributed by atoms with Crippen LogP contribution in [0.2, 0.25) is 0 Å². The summed E-state index contributed by atoms with van der Waals surface area (Å²) in [5, 5.41) is 4.52. The Kier molecular flexibility index (Phi) is 7.30. The third-order valence-electron chi connectivity index (χ3n) is 7.83. The van der Waals surface area contributed by atoms with Crippen molar-refractivity contribution in [2.45, 2.75) is 19.9 Å². The fourth-order valence-corrected chi connectivity index (χ4v) is 6.75. The lowest BCUT2D eigenvalue weighted by molar-refractivity contribution is 0.0951. The van der Waals surface area contributed by atoms with Crippen molar-refractivity contribution < 1.29 is 4.79 Å². The largest absolute Gasteiger partial charge is 0.355 e. The number of aromatic nitrogens is 4. The number of amides is 1. The molecule has 216 valence electrons. The zero-order valence-corrected chi connectivity index (χ0v) is 25.0. The maximum atomic E-state index is 14.2. The van der Waals surface area contributed by atoms with E-state index in [1.165, 1.54) is 0 Å². The van der Waals surface area contributed by atoms with E-state index in [2.05, 4.69) is 60.8 Å². The highest BCUT2D eigenvalue weighted by molar-refractivity contribution is 7.24. The van der Waals surface area contributed by atoms with E-state index in [1.54, 1.807) is 23.7 Å². The number of carbonyl (C=O) groups excluding carboxylic acids is 1. The Balaban J connectivity index is 1.47. The predicted molar refractivity (Wildman–Crippen MR) is 172 cm³/mol. The summed E-state index contributed by atoms with van der Waals surface area (Å²) in [7, 11) is 2.17. The van der Waals surface area contributed by atoms with Gasteiger partial charge in [-0.3, -0.25) is 19.2 Å². The van der Waals surface area contributed by atoms with Gasteiger partial charge in [-0.05, 0) is 63.3 Å². The standard InChI is InChI=1S/C33H32N8OS/c1-22-19-35-24(20-34-22)21-36-32(42)29-30(37-23-9-4-3-5-10-23)25-13-14-28(40-16-8-15-39(2)17-18-40)38-31(25)41-26-11-6-7-12-27(26)43-33(29)41/h3-7,9-14,19-20H,8,15-18,21H2,1-2H3,(H,36,42)/b37-30+. The van der Waals surface area contributed by atoms with E-state index in [9.17, 15) is 4.79 Å². The predicted octanol–water partition coefficient (Wildman–Crippen LogP) is 5.10. The van der Waals surface area contributed by atoms with Crippen LogP contribution in [-0.4, -0.2) is 63.4 Å². The molecule has 0 bridgehead atoms. The van der Waals surface area contributed by atoms with Gasteiger partial charge in [0.1, 0.15) is 21.9 Å². The van der Waals surface area contributed by atoms with Gasteiger partial charge < -0.3 is 15.1 Å². The molecule has 1 aliphatic rings. The molecule has 6 aromatic rings. The highest BCUT2D eigenvalue weighted by atomic mass is 32.1. The highest BCUT2D eigenvalue weighted by Crippen LogP contribution is 2.32. The molecular formula is C33H32N8OS. The Morgan fingerprint density at radius 1 is 0.953 bits per heavy atom. The number of likely N-dealkylation sites (N-methyl/N-ethyl adjacent to an activating group) is 1. The molecule has 7 rings (SSSR count). The molecule has 43 heavy (non-hydrogen) atoms. The number of para-hydroxylation sites is 2. The zero-order chi connectivity index (χ0) is 29.3. The lowest BCUT2D eigenvalue weighted by Gasteiger charge is -2.22. The van der Waals surface area contributed by atoms with Crippen molar-refractivity contribution in [3.8, 4) is 0 Å². The molecular weight excluding hydrogens is 556 g/mol. The molecule has 0 unspecified atom stereocenters. The third-order valence-corrected chi connectivity index (χ3v) is 8.97. The first-order valence-corrected chi connectivity index (χ1v) is 15.3. The normalized spacial score (nSPS) is 14.9. The van der Waals surface area contributed by atoms with Crippen LogP contribution >= 0.6 is 11.3 Å². The Morgan fingerprint density at radius 2 is 1.79 bits per heavy atom. The number of hydrogen-bond acceptors (Lipinski definition) is 8. The van der Waals surface area contributed by atoms with E-state index in [1.807, 2.05) is 49.4 Å². The van der Waals surface area contributed by atoms with Gasteiger partial charge in [0.15, 0.2) is 0 Å². The minimum atomic E-state index is -0.220. The molecule has 1 saturated heterocycles. The number of pyridine rings is 2. The number of anilines is 1. The first kappa shape index (κ1) is 27.2. The van der Waals surface area contributed by atoms with Gasteiger partial charge in [-0.15, -0.1) is 11.3 Å². The molecule has 0 radical (unpaired) electrons. The number of aryl methyl sites for hydroxylation is 1. The zero-order valence-electron chi connectivity index (χ0n) is 24.2. The second kappa shape index (κ2) is 11.5. The summed E-state index contributed by atoms with van der Waals surface area (Å²) in [5.74, 6) is 0.718. The van der Waals surface area contributed by atoms with Crippen LogP contribution in [0.1, 0.15) is 28.2 Å². The Morgan fingerprint density at radius 3 is 2.63 bits per heavy atom. The molecule has 1 amide bonds. The van der Waals surface area contributed by atoms with Gasteiger partial charge in [-0.25, -0.2) is 9.98 Å². The minimum Gasteiger partial charge on any atom is -0.355 e. The average molecular weight is 589 g/mol. The lowest BCUT2D eigenvalue weighted by atomic mass is 10.1. The van der Waals surface area contributed by atoms with E-state index in [4.69, 9.17) is 9.98 Å². The van der Waals surface area contributed by atoms with E-state index >= 15 is 0 Å². The van der Waals surface area contributed by atoms with E-state index in [0.29, 0.717) is 16.6 Å². The summed E-state index contributed by atoms with van der Waals surface area (Å²) in [6, 6.07) is 22.2. The first-order chi connectivity index (χ1) is 21.0. The van der Waals surface area contributed by atoms with Crippen molar-refractivity contribution in [1.82, 2.24) is 29.6 Å². The number of nitrogens with one attached hydrogen (secondary N) is 1. The van der Waals surface area contributed by atoms with Gasteiger partial charge in [-0.1, -0.05) is 30.3 Å². The van der Waals surface area contributed by atoms with Crippen molar-refractivity contribution in [3.63, 3.8) is 0 Å². The smallest absolute Gasteiger partial charge is 0.256 e.